The highest BCUT2D eigenvalue weighted by atomic mass is 16.1. The summed E-state index contributed by atoms with van der Waals surface area (Å²) in [4.78, 5) is 15.4. The van der Waals surface area contributed by atoms with E-state index in [0.717, 1.165) is 27.9 Å². The summed E-state index contributed by atoms with van der Waals surface area (Å²) in [5, 5.41) is 6.07. The molecule has 1 saturated carbocycles. The van der Waals surface area contributed by atoms with Crippen LogP contribution in [0.4, 0.5) is 0 Å². The Balaban J connectivity index is 2.09. The van der Waals surface area contributed by atoms with Crippen molar-refractivity contribution < 1.29 is 0 Å². The molecule has 0 saturated heterocycles. The van der Waals surface area contributed by atoms with Crippen LogP contribution in [0.1, 0.15) is 51.6 Å². The number of aromatic amines is 1. The van der Waals surface area contributed by atoms with Crippen molar-refractivity contribution in [3.05, 3.63) is 52.4 Å². The predicted octanol–water partition coefficient (Wildman–Crippen LogP) is 4.41. The van der Waals surface area contributed by atoms with Crippen LogP contribution in [0, 0.1) is 0 Å². The minimum absolute atomic E-state index is 0.0769. The van der Waals surface area contributed by atoms with E-state index >= 15 is 0 Å². The van der Waals surface area contributed by atoms with E-state index in [1.54, 1.807) is 6.07 Å². The number of rotatable bonds is 2. The Morgan fingerprint density at radius 3 is 2.46 bits per heavy atom. The summed E-state index contributed by atoms with van der Waals surface area (Å²) >= 11 is 0. The first-order valence-electron chi connectivity index (χ1n) is 8.67. The highest BCUT2D eigenvalue weighted by molar-refractivity contribution is 5.95. The third-order valence-corrected chi connectivity index (χ3v) is 4.91. The zero-order valence-corrected chi connectivity index (χ0v) is 14.5. The van der Waals surface area contributed by atoms with Crippen molar-refractivity contribution in [2.24, 2.45) is 0 Å². The van der Waals surface area contributed by atoms with Gasteiger partial charge in [0.2, 0.25) is 5.56 Å². The first kappa shape index (κ1) is 15.2. The van der Waals surface area contributed by atoms with E-state index in [-0.39, 0.29) is 11.1 Å². The molecule has 0 radical (unpaired) electrons. The standard InChI is InChI=1S/C20H23N3O/c1-20(2,3)23-19-17(18(22-23)14-10-7-11-14)15(12-16(24)21-19)13-8-5-4-6-9-13/h4-6,8-9,12,14H,7,10-11H2,1-3H3,(H,21,24). The van der Waals surface area contributed by atoms with Crippen LogP contribution in [0.2, 0.25) is 0 Å². The molecule has 24 heavy (non-hydrogen) atoms. The Labute approximate surface area is 141 Å². The average Bonchev–Trinajstić information content (AvgIpc) is 2.85. The van der Waals surface area contributed by atoms with Gasteiger partial charge >= 0.3 is 0 Å². The number of aromatic nitrogens is 3. The zero-order valence-electron chi connectivity index (χ0n) is 14.5. The maximum atomic E-state index is 12.3. The molecule has 1 aromatic carbocycles. The zero-order chi connectivity index (χ0) is 16.9. The molecule has 4 heteroatoms. The van der Waals surface area contributed by atoms with Gasteiger partial charge in [-0.05, 0) is 44.7 Å². The molecule has 2 aromatic heterocycles. The Morgan fingerprint density at radius 1 is 1.17 bits per heavy atom. The first-order valence-corrected chi connectivity index (χ1v) is 8.67. The van der Waals surface area contributed by atoms with Gasteiger partial charge in [-0.2, -0.15) is 5.10 Å². The molecule has 0 unspecified atom stereocenters. The molecular formula is C20H23N3O. The van der Waals surface area contributed by atoms with Gasteiger partial charge in [-0.15, -0.1) is 0 Å². The normalized spacial score (nSPS) is 15.6. The molecule has 1 aliphatic carbocycles. The van der Waals surface area contributed by atoms with Crippen LogP contribution in [-0.2, 0) is 5.54 Å². The third-order valence-electron chi connectivity index (χ3n) is 4.91. The van der Waals surface area contributed by atoms with E-state index in [2.05, 4.69) is 37.9 Å². The van der Waals surface area contributed by atoms with Crippen LogP contribution >= 0.6 is 0 Å². The molecule has 1 aliphatic rings. The molecule has 0 atom stereocenters. The van der Waals surface area contributed by atoms with Crippen molar-refractivity contribution in [2.45, 2.75) is 51.5 Å². The molecule has 1 N–H and O–H groups in total. The minimum atomic E-state index is -0.182. The van der Waals surface area contributed by atoms with Crippen molar-refractivity contribution in [1.82, 2.24) is 14.8 Å². The SMILES string of the molecule is CC(C)(C)n1nc(C2CCC2)c2c(-c3ccccc3)cc(=O)[nH]c21. The quantitative estimate of drug-likeness (QED) is 0.760. The Bertz CT molecular complexity index is 941. The van der Waals surface area contributed by atoms with Gasteiger partial charge < -0.3 is 4.98 Å². The highest BCUT2D eigenvalue weighted by Crippen LogP contribution is 2.42. The third kappa shape index (κ3) is 2.37. The van der Waals surface area contributed by atoms with Crippen molar-refractivity contribution in [1.29, 1.82) is 0 Å². The van der Waals surface area contributed by atoms with E-state index in [9.17, 15) is 4.79 Å². The van der Waals surface area contributed by atoms with E-state index in [4.69, 9.17) is 5.10 Å². The molecule has 1 fully saturated rings. The van der Waals surface area contributed by atoms with Crippen LogP contribution in [-0.4, -0.2) is 14.8 Å². The van der Waals surface area contributed by atoms with Crippen LogP contribution in [0.15, 0.2) is 41.2 Å². The number of H-pyrrole nitrogens is 1. The van der Waals surface area contributed by atoms with Gasteiger partial charge in [0.15, 0.2) is 0 Å². The topological polar surface area (TPSA) is 50.7 Å². The number of pyridine rings is 1. The molecule has 0 bridgehead atoms. The van der Waals surface area contributed by atoms with Crippen molar-refractivity contribution in [3.63, 3.8) is 0 Å². The molecular weight excluding hydrogens is 298 g/mol. The Hall–Kier alpha value is -2.36. The van der Waals surface area contributed by atoms with Crippen LogP contribution in [0.25, 0.3) is 22.2 Å². The molecule has 0 amide bonds. The van der Waals surface area contributed by atoms with Gasteiger partial charge in [0.1, 0.15) is 5.65 Å². The summed E-state index contributed by atoms with van der Waals surface area (Å²) in [6, 6.07) is 11.9. The molecule has 4 nitrogen and oxygen atoms in total. The van der Waals surface area contributed by atoms with Crippen molar-refractivity contribution in [3.8, 4) is 11.1 Å². The van der Waals surface area contributed by atoms with Crippen LogP contribution < -0.4 is 5.56 Å². The fourth-order valence-electron chi connectivity index (χ4n) is 3.47. The second kappa shape index (κ2) is 5.33. The van der Waals surface area contributed by atoms with E-state index in [0.29, 0.717) is 5.92 Å². The smallest absolute Gasteiger partial charge is 0.250 e. The maximum Gasteiger partial charge on any atom is 0.250 e. The van der Waals surface area contributed by atoms with E-state index in [1.807, 2.05) is 22.9 Å². The lowest BCUT2D eigenvalue weighted by molar-refractivity contribution is 0.349. The molecule has 3 aromatic rings. The number of benzene rings is 1. The summed E-state index contributed by atoms with van der Waals surface area (Å²) < 4.78 is 1.99. The monoisotopic (exact) mass is 321 g/mol. The summed E-state index contributed by atoms with van der Waals surface area (Å²) in [5.41, 5.74) is 3.79. The van der Waals surface area contributed by atoms with Gasteiger partial charge in [-0.1, -0.05) is 36.8 Å². The van der Waals surface area contributed by atoms with Crippen LogP contribution in [0.5, 0.6) is 0 Å². The molecule has 0 aliphatic heterocycles. The first-order chi connectivity index (χ1) is 11.4. The summed E-state index contributed by atoms with van der Waals surface area (Å²) in [7, 11) is 0. The second-order valence-electron chi connectivity index (χ2n) is 7.73. The number of hydrogen-bond acceptors (Lipinski definition) is 2. The van der Waals surface area contributed by atoms with E-state index in [1.165, 1.54) is 19.3 Å². The lowest BCUT2D eigenvalue weighted by atomic mass is 9.81. The van der Waals surface area contributed by atoms with Gasteiger partial charge in [0.25, 0.3) is 0 Å². The Morgan fingerprint density at radius 2 is 1.88 bits per heavy atom. The minimum Gasteiger partial charge on any atom is -0.307 e. The molecule has 4 rings (SSSR count). The fourth-order valence-corrected chi connectivity index (χ4v) is 3.47. The van der Waals surface area contributed by atoms with Gasteiger partial charge in [-0.3, -0.25) is 4.79 Å². The lowest BCUT2D eigenvalue weighted by Gasteiger charge is -2.24. The van der Waals surface area contributed by atoms with Gasteiger partial charge in [0, 0.05) is 17.4 Å². The summed E-state index contributed by atoms with van der Waals surface area (Å²) in [5.74, 6) is 0.504. The van der Waals surface area contributed by atoms with E-state index < -0.39 is 0 Å². The number of hydrogen-bond donors (Lipinski definition) is 1. The highest BCUT2D eigenvalue weighted by Gasteiger charge is 2.30. The lowest BCUT2D eigenvalue weighted by Crippen LogP contribution is -2.24. The fraction of sp³-hybridized carbons (Fsp3) is 0.400. The average molecular weight is 321 g/mol. The number of fused-ring (bicyclic) bond motifs is 1. The summed E-state index contributed by atoms with van der Waals surface area (Å²) in [6.07, 6.45) is 3.63. The number of nitrogens with one attached hydrogen (secondary N) is 1. The predicted molar refractivity (Wildman–Crippen MR) is 97.4 cm³/mol. The molecule has 2 heterocycles. The maximum absolute atomic E-state index is 12.3. The largest absolute Gasteiger partial charge is 0.307 e. The summed E-state index contributed by atoms with van der Waals surface area (Å²) in [6.45, 7) is 6.37. The van der Waals surface area contributed by atoms with Crippen molar-refractivity contribution >= 4 is 11.0 Å². The van der Waals surface area contributed by atoms with Gasteiger partial charge in [0.05, 0.1) is 11.2 Å². The van der Waals surface area contributed by atoms with Gasteiger partial charge in [-0.25, -0.2) is 4.68 Å². The molecule has 124 valence electrons. The van der Waals surface area contributed by atoms with Crippen LogP contribution in [0.3, 0.4) is 0 Å². The van der Waals surface area contributed by atoms with Crippen molar-refractivity contribution in [2.75, 3.05) is 0 Å². The number of nitrogens with zero attached hydrogens (tertiary/aromatic N) is 2. The molecule has 0 spiro atoms. The second-order valence-corrected chi connectivity index (χ2v) is 7.73. The Kier molecular flexibility index (Phi) is 3.37.